The van der Waals surface area contributed by atoms with Crippen molar-refractivity contribution in [3.8, 4) is 0 Å². The Hall–Kier alpha value is -2.31. The Labute approximate surface area is 587 Å². The van der Waals surface area contributed by atoms with E-state index < -0.39 is 86.8 Å². The van der Waals surface area contributed by atoms with Crippen LogP contribution in [0.4, 0.5) is 0 Å². The Morgan fingerprint density at radius 3 is 1.09 bits per heavy atom. The van der Waals surface area contributed by atoms with Gasteiger partial charge in [0.05, 0.1) is 32.0 Å². The molecule has 0 spiro atoms. The molecule has 14 heteroatoms. The molecular weight excluding hydrogens is 1210 g/mol. The van der Waals surface area contributed by atoms with Crippen molar-refractivity contribution in [2.75, 3.05) is 19.8 Å². The smallest absolute Gasteiger partial charge is 0.220 e. The quantitative estimate of drug-likeness (QED) is 0.0204. The minimum Gasteiger partial charge on any atom is -0.394 e. The first kappa shape index (κ1) is 89.8. The van der Waals surface area contributed by atoms with E-state index in [1.807, 2.05) is 6.08 Å². The molecule has 562 valence electrons. The molecule has 2 fully saturated rings. The highest BCUT2D eigenvalue weighted by Gasteiger charge is 2.51. The lowest BCUT2D eigenvalue weighted by Crippen LogP contribution is -2.65. The molecule has 12 unspecified atom stereocenters. The molecule has 1 amide bonds. The molecule has 2 aliphatic rings. The van der Waals surface area contributed by atoms with Gasteiger partial charge < -0.3 is 65.1 Å². The van der Waals surface area contributed by atoms with Gasteiger partial charge in [0.2, 0.25) is 5.91 Å². The van der Waals surface area contributed by atoms with Gasteiger partial charge in [-0.3, -0.25) is 4.79 Å². The van der Waals surface area contributed by atoms with Crippen molar-refractivity contribution in [3.63, 3.8) is 0 Å². The van der Waals surface area contributed by atoms with Crippen LogP contribution >= 0.6 is 0 Å². The predicted molar refractivity (Wildman–Crippen MR) is 397 cm³/mol. The predicted octanol–water partition coefficient (Wildman–Crippen LogP) is 18.4. The van der Waals surface area contributed by atoms with E-state index >= 15 is 0 Å². The van der Waals surface area contributed by atoms with Crippen LogP contribution in [0.5, 0.6) is 0 Å². The van der Waals surface area contributed by atoms with Gasteiger partial charge >= 0.3 is 0 Å². The average Bonchev–Trinajstić information content (AvgIpc) is 0.812. The number of hydrogen-bond donors (Lipinski definition) is 9. The fraction of sp³-hybridized carbons (Fsp3) is 0.866. The van der Waals surface area contributed by atoms with Crippen molar-refractivity contribution in [2.24, 2.45) is 0 Å². The van der Waals surface area contributed by atoms with Gasteiger partial charge in [0.15, 0.2) is 12.6 Å². The van der Waals surface area contributed by atoms with Gasteiger partial charge in [-0.1, -0.05) is 344 Å². The SMILES string of the molecule is CCCCCCC/C=C\C/C=C\C/C=C\CCCCCCCCCCCCCCCCCCCCC(=O)NC(COC1OC(CO)C(OC2OC(CO)C(O)C(O)C2O)C(O)C1O)C(O)/C=C/CC/C=C/CCCCCCCCCCCCCCCCCCCCCCCCC. The van der Waals surface area contributed by atoms with E-state index in [9.17, 15) is 45.6 Å². The van der Waals surface area contributed by atoms with Gasteiger partial charge in [0.1, 0.15) is 48.8 Å². The number of aliphatic hydroxyl groups excluding tert-OH is 8. The van der Waals surface area contributed by atoms with E-state index in [-0.39, 0.29) is 18.9 Å². The van der Waals surface area contributed by atoms with Gasteiger partial charge in [0.25, 0.3) is 0 Å². The lowest BCUT2D eigenvalue weighted by atomic mass is 9.97. The molecule has 9 N–H and O–H groups in total. The summed E-state index contributed by atoms with van der Waals surface area (Å²) in [6.07, 6.45) is 73.1. The summed E-state index contributed by atoms with van der Waals surface area (Å²) in [6.45, 7) is 2.83. The van der Waals surface area contributed by atoms with Gasteiger partial charge in [-0.15, -0.1) is 0 Å². The molecule has 0 saturated carbocycles. The summed E-state index contributed by atoms with van der Waals surface area (Å²) in [5, 5.41) is 87.7. The van der Waals surface area contributed by atoms with E-state index in [0.717, 1.165) is 44.9 Å². The maximum atomic E-state index is 13.4. The lowest BCUT2D eigenvalue weighted by Gasteiger charge is -2.46. The van der Waals surface area contributed by atoms with Crippen LogP contribution in [0, 0.1) is 0 Å². The zero-order valence-corrected chi connectivity index (χ0v) is 61.6. The highest BCUT2D eigenvalue weighted by Crippen LogP contribution is 2.30. The van der Waals surface area contributed by atoms with Crippen molar-refractivity contribution < 1.29 is 64.6 Å². The normalized spacial score (nSPS) is 22.5. The summed E-state index contributed by atoms with van der Waals surface area (Å²) in [4.78, 5) is 13.4. The van der Waals surface area contributed by atoms with Crippen LogP contribution in [0.15, 0.2) is 60.8 Å². The van der Waals surface area contributed by atoms with Crippen molar-refractivity contribution in [3.05, 3.63) is 60.8 Å². The number of hydrogen-bond acceptors (Lipinski definition) is 13. The molecule has 0 aromatic carbocycles. The Morgan fingerprint density at radius 1 is 0.375 bits per heavy atom. The molecule has 2 saturated heterocycles. The Balaban J connectivity index is 1.63. The number of carbonyl (C=O) groups excluding carboxylic acids is 1. The van der Waals surface area contributed by atoms with Crippen LogP contribution in [-0.2, 0) is 23.7 Å². The Morgan fingerprint density at radius 2 is 0.698 bits per heavy atom. The van der Waals surface area contributed by atoms with E-state index in [4.69, 9.17) is 18.9 Å². The maximum Gasteiger partial charge on any atom is 0.220 e. The van der Waals surface area contributed by atoms with Crippen molar-refractivity contribution >= 4 is 5.91 Å². The second-order valence-electron chi connectivity index (χ2n) is 28.5. The minimum atomic E-state index is -1.79. The first-order valence-electron chi connectivity index (χ1n) is 40.5. The molecule has 12 atom stereocenters. The summed E-state index contributed by atoms with van der Waals surface area (Å²) in [7, 11) is 0. The number of nitrogens with one attached hydrogen (secondary N) is 1. The van der Waals surface area contributed by atoms with Gasteiger partial charge in [-0.05, 0) is 70.6 Å². The monoisotopic (exact) mass is 1360 g/mol. The fourth-order valence-electron chi connectivity index (χ4n) is 13.3. The number of unbranched alkanes of at least 4 members (excludes halogenated alkanes) is 47. The summed E-state index contributed by atoms with van der Waals surface area (Å²) in [5.74, 6) is -0.244. The molecule has 0 aromatic heterocycles. The van der Waals surface area contributed by atoms with Crippen molar-refractivity contribution in [2.45, 2.75) is 434 Å². The third-order valence-corrected chi connectivity index (χ3v) is 19.7. The van der Waals surface area contributed by atoms with E-state index in [2.05, 4.69) is 67.8 Å². The van der Waals surface area contributed by atoms with Crippen LogP contribution in [-0.4, -0.2) is 140 Å². The molecular formula is C82H151NO13. The lowest BCUT2D eigenvalue weighted by molar-refractivity contribution is -0.359. The van der Waals surface area contributed by atoms with Crippen LogP contribution in [0.3, 0.4) is 0 Å². The summed E-state index contributed by atoms with van der Waals surface area (Å²) in [5.41, 5.74) is 0. The number of carbonyl (C=O) groups is 1. The largest absolute Gasteiger partial charge is 0.394 e. The molecule has 2 aliphatic heterocycles. The molecule has 0 radical (unpaired) electrons. The zero-order chi connectivity index (χ0) is 69.4. The number of allylic oxidation sites excluding steroid dienone is 9. The molecule has 2 heterocycles. The third kappa shape index (κ3) is 48.5. The van der Waals surface area contributed by atoms with Crippen molar-refractivity contribution in [1.29, 1.82) is 0 Å². The summed E-state index contributed by atoms with van der Waals surface area (Å²) >= 11 is 0. The number of amides is 1. The summed E-state index contributed by atoms with van der Waals surface area (Å²) in [6, 6.07) is -0.935. The first-order chi connectivity index (χ1) is 47.1. The number of ether oxygens (including phenoxy) is 4. The van der Waals surface area contributed by atoms with Crippen LogP contribution < -0.4 is 5.32 Å². The van der Waals surface area contributed by atoms with Crippen LogP contribution in [0.2, 0.25) is 0 Å². The summed E-state index contributed by atoms with van der Waals surface area (Å²) < 4.78 is 22.9. The highest BCUT2D eigenvalue weighted by atomic mass is 16.7. The maximum absolute atomic E-state index is 13.4. The topological polar surface area (TPSA) is 228 Å². The second kappa shape index (κ2) is 66.0. The zero-order valence-electron chi connectivity index (χ0n) is 61.6. The van der Waals surface area contributed by atoms with Crippen molar-refractivity contribution in [1.82, 2.24) is 5.32 Å². The molecule has 96 heavy (non-hydrogen) atoms. The van der Waals surface area contributed by atoms with E-state index in [1.54, 1.807) is 6.08 Å². The number of aliphatic hydroxyl groups is 8. The molecule has 0 bridgehead atoms. The van der Waals surface area contributed by atoms with Gasteiger partial charge in [-0.2, -0.15) is 0 Å². The second-order valence-corrected chi connectivity index (χ2v) is 28.5. The minimum absolute atomic E-state index is 0.244. The third-order valence-electron chi connectivity index (χ3n) is 19.7. The highest BCUT2D eigenvalue weighted by molar-refractivity contribution is 5.76. The average molecular weight is 1360 g/mol. The Bertz CT molecular complexity index is 1840. The number of rotatable bonds is 68. The standard InChI is InChI=1S/C82H151NO13/c1-3-5-7-9-11-13-15-17-19-21-23-25-27-29-31-33-34-35-36-38-40-42-44-46-48-50-52-54-56-58-60-62-64-66-74(87)83-70(69-93-81-79(92)77(90)80(73(68-85)95-81)96-82-78(91)76(89)75(88)72(67-84)94-82)71(86)65-63-61-59-57-55-53-51-49-47-45-43-41-39-37-32-30-28-26-24-22-20-18-16-14-12-10-8-6-4-2/h15,17,21,23,27,29,55,57,63,65,70-73,75-82,84-86,88-92H,3-14,16,18-20,22,24-26,28,30-54,56,58-62,64,66-69H2,1-2H3,(H,83,87)/b17-15-,23-21-,29-27-,57-55+,65-63+. The molecule has 2 rings (SSSR count). The van der Waals surface area contributed by atoms with Crippen LogP contribution in [0.25, 0.3) is 0 Å². The fourth-order valence-corrected chi connectivity index (χ4v) is 13.3. The molecule has 14 nitrogen and oxygen atoms in total. The van der Waals surface area contributed by atoms with Crippen LogP contribution in [0.1, 0.15) is 361 Å². The van der Waals surface area contributed by atoms with Gasteiger partial charge in [-0.25, -0.2) is 0 Å². The van der Waals surface area contributed by atoms with E-state index in [1.165, 1.54) is 283 Å². The molecule has 0 aliphatic carbocycles. The van der Waals surface area contributed by atoms with E-state index in [0.29, 0.717) is 12.8 Å². The Kier molecular flexibility index (Phi) is 61.7. The van der Waals surface area contributed by atoms with Gasteiger partial charge in [0, 0.05) is 6.42 Å². The first-order valence-corrected chi connectivity index (χ1v) is 40.5. The molecule has 0 aromatic rings.